The molecule has 6 heteroatoms. The van der Waals surface area contributed by atoms with E-state index in [0.717, 1.165) is 44.9 Å². The number of piperidine rings is 1. The lowest BCUT2D eigenvalue weighted by Crippen LogP contribution is -2.61. The number of carbonyl (C=O) groups excluding carboxylic acids is 3. The van der Waals surface area contributed by atoms with Crippen molar-refractivity contribution in [2.24, 2.45) is 34.5 Å². The Kier molecular flexibility index (Phi) is 6.61. The molecule has 6 nitrogen and oxygen atoms in total. The van der Waals surface area contributed by atoms with Crippen molar-refractivity contribution in [3.63, 3.8) is 0 Å². The molecule has 4 rings (SSSR count). The molecule has 34 heavy (non-hydrogen) atoms. The van der Waals surface area contributed by atoms with Crippen LogP contribution in [0.5, 0.6) is 0 Å². The molecule has 0 spiro atoms. The van der Waals surface area contributed by atoms with E-state index in [1.807, 2.05) is 39.6 Å². The van der Waals surface area contributed by atoms with Gasteiger partial charge in [0, 0.05) is 44.6 Å². The number of imide groups is 1. The Morgan fingerprint density at radius 3 is 2.18 bits per heavy atom. The van der Waals surface area contributed by atoms with Gasteiger partial charge in [0.1, 0.15) is 0 Å². The van der Waals surface area contributed by atoms with Gasteiger partial charge in [-0.1, -0.05) is 13.8 Å². The topological polar surface area (TPSA) is 60.9 Å². The van der Waals surface area contributed by atoms with Crippen molar-refractivity contribution in [3.8, 4) is 0 Å². The second kappa shape index (κ2) is 8.81. The molecule has 7 atom stereocenters. The fraction of sp³-hybridized carbons (Fsp3) is 0.893. The molecular weight excluding hydrogens is 426 g/mol. The third-order valence-corrected chi connectivity index (χ3v) is 10.9. The van der Waals surface area contributed by atoms with Gasteiger partial charge in [0.25, 0.3) is 0 Å². The summed E-state index contributed by atoms with van der Waals surface area (Å²) in [4.78, 5) is 45.0. The summed E-state index contributed by atoms with van der Waals surface area (Å²) >= 11 is 0. The predicted octanol–water partition coefficient (Wildman–Crippen LogP) is 5.16. The number of amides is 4. The van der Waals surface area contributed by atoms with Crippen LogP contribution in [-0.4, -0.2) is 64.8 Å². The molecule has 0 bridgehead atoms. The summed E-state index contributed by atoms with van der Waals surface area (Å²) in [7, 11) is 3.80. The van der Waals surface area contributed by atoms with E-state index in [0.29, 0.717) is 36.1 Å². The second-order valence-electron chi connectivity index (χ2n) is 12.9. The van der Waals surface area contributed by atoms with Crippen molar-refractivity contribution in [3.05, 3.63) is 0 Å². The van der Waals surface area contributed by atoms with Gasteiger partial charge in [0.15, 0.2) is 0 Å². The standard InChI is InChI=1S/C28H47N3O3/c1-17(2)29(7)26(34)31(18(3)4)25(33)22-11-10-20-19-9-12-23-28(6,16-14-24(32)30(23)8)21(19)13-15-27(20,22)5/h17-23H,9-16H2,1-8H3/t19-,20-,21+,22?,23?,27-,28+/m0/s1. The van der Waals surface area contributed by atoms with Gasteiger partial charge in [-0.05, 0) is 101 Å². The maximum atomic E-state index is 14.0. The zero-order valence-electron chi connectivity index (χ0n) is 22.8. The Balaban J connectivity index is 1.58. The summed E-state index contributed by atoms with van der Waals surface area (Å²) in [5, 5.41) is 0. The first-order valence-corrected chi connectivity index (χ1v) is 13.7. The van der Waals surface area contributed by atoms with Crippen LogP contribution in [0.3, 0.4) is 0 Å². The number of nitrogens with zero attached hydrogens (tertiary/aromatic N) is 3. The van der Waals surface area contributed by atoms with Crippen LogP contribution < -0.4 is 0 Å². The maximum absolute atomic E-state index is 14.0. The monoisotopic (exact) mass is 473 g/mol. The Hall–Kier alpha value is -1.59. The summed E-state index contributed by atoms with van der Waals surface area (Å²) in [5.41, 5.74) is 0.149. The molecule has 0 aromatic rings. The summed E-state index contributed by atoms with van der Waals surface area (Å²) in [6, 6.07) is 0.0997. The molecule has 1 heterocycles. The number of likely N-dealkylation sites (tertiary alicyclic amines) is 1. The van der Waals surface area contributed by atoms with Crippen LogP contribution >= 0.6 is 0 Å². The highest BCUT2D eigenvalue weighted by Gasteiger charge is 2.62. The lowest BCUT2D eigenvalue weighted by atomic mass is 9.47. The molecule has 4 amide bonds. The van der Waals surface area contributed by atoms with Crippen LogP contribution in [0.2, 0.25) is 0 Å². The normalized spacial score (nSPS) is 39.5. The summed E-state index contributed by atoms with van der Waals surface area (Å²) in [6.45, 7) is 12.7. The Bertz CT molecular complexity index is 841. The summed E-state index contributed by atoms with van der Waals surface area (Å²) in [5.74, 6) is 2.06. The second-order valence-corrected chi connectivity index (χ2v) is 12.9. The highest BCUT2D eigenvalue weighted by Crippen LogP contribution is 2.66. The highest BCUT2D eigenvalue weighted by molar-refractivity contribution is 5.96. The molecular formula is C28H47N3O3. The van der Waals surface area contributed by atoms with E-state index in [2.05, 4.69) is 13.8 Å². The van der Waals surface area contributed by atoms with Gasteiger partial charge in [-0.25, -0.2) is 4.79 Å². The van der Waals surface area contributed by atoms with Crippen LogP contribution in [0.25, 0.3) is 0 Å². The molecule has 1 aliphatic heterocycles. The molecule has 192 valence electrons. The van der Waals surface area contributed by atoms with E-state index >= 15 is 0 Å². The number of urea groups is 1. The van der Waals surface area contributed by atoms with E-state index in [9.17, 15) is 14.4 Å². The third-order valence-electron chi connectivity index (χ3n) is 10.9. The van der Waals surface area contributed by atoms with Gasteiger partial charge >= 0.3 is 6.03 Å². The van der Waals surface area contributed by atoms with Gasteiger partial charge in [0.05, 0.1) is 0 Å². The van der Waals surface area contributed by atoms with Crippen molar-refractivity contribution >= 4 is 17.8 Å². The van der Waals surface area contributed by atoms with Gasteiger partial charge in [0.2, 0.25) is 11.8 Å². The van der Waals surface area contributed by atoms with E-state index in [1.165, 1.54) is 0 Å². The van der Waals surface area contributed by atoms with Gasteiger partial charge in [-0.3, -0.25) is 14.5 Å². The summed E-state index contributed by atoms with van der Waals surface area (Å²) in [6.07, 6.45) is 8.09. The fourth-order valence-electron chi connectivity index (χ4n) is 8.68. The Morgan fingerprint density at radius 1 is 0.912 bits per heavy atom. The smallest absolute Gasteiger partial charge is 0.326 e. The van der Waals surface area contributed by atoms with Crippen molar-refractivity contribution in [1.82, 2.24) is 14.7 Å². The quantitative estimate of drug-likeness (QED) is 0.569. The maximum Gasteiger partial charge on any atom is 0.326 e. The minimum absolute atomic E-state index is 0.0400. The number of fused-ring (bicyclic) bond motifs is 5. The Morgan fingerprint density at radius 2 is 1.56 bits per heavy atom. The molecule has 2 unspecified atom stereocenters. The van der Waals surface area contributed by atoms with E-state index in [4.69, 9.17) is 0 Å². The third kappa shape index (κ3) is 3.69. The molecule has 0 aromatic heterocycles. The largest absolute Gasteiger partial charge is 0.342 e. The number of hydrogen-bond donors (Lipinski definition) is 0. The number of carbonyl (C=O) groups is 3. The molecule has 4 fully saturated rings. The van der Waals surface area contributed by atoms with Gasteiger partial charge in [-0.2, -0.15) is 0 Å². The number of hydrogen-bond acceptors (Lipinski definition) is 3. The average Bonchev–Trinajstić information content (AvgIpc) is 3.13. The molecule has 3 aliphatic carbocycles. The first-order chi connectivity index (χ1) is 15.8. The van der Waals surface area contributed by atoms with Crippen LogP contribution in [0.1, 0.15) is 92.9 Å². The molecule has 0 radical (unpaired) electrons. The van der Waals surface area contributed by atoms with E-state index in [1.54, 1.807) is 16.8 Å². The zero-order valence-corrected chi connectivity index (χ0v) is 22.8. The van der Waals surface area contributed by atoms with E-state index in [-0.39, 0.29) is 40.8 Å². The number of rotatable bonds is 3. The SMILES string of the molecule is CC(C)N(C)C(=O)N(C(=O)C1CC[C@H]2[C@@H]3CCC4N(C)C(=O)CC[C@]4(C)[C@@H]3CC[C@]12C)C(C)C. The van der Waals surface area contributed by atoms with Crippen molar-refractivity contribution in [1.29, 1.82) is 0 Å². The highest BCUT2D eigenvalue weighted by atomic mass is 16.2. The fourth-order valence-corrected chi connectivity index (χ4v) is 8.68. The molecule has 1 saturated heterocycles. The first-order valence-electron chi connectivity index (χ1n) is 13.7. The first kappa shape index (κ1) is 25.5. The lowest BCUT2D eigenvalue weighted by Gasteiger charge is -2.61. The zero-order chi connectivity index (χ0) is 25.2. The minimum Gasteiger partial charge on any atom is -0.342 e. The minimum atomic E-state index is -0.168. The average molecular weight is 474 g/mol. The molecule has 0 N–H and O–H groups in total. The van der Waals surface area contributed by atoms with E-state index < -0.39 is 0 Å². The van der Waals surface area contributed by atoms with Crippen molar-refractivity contribution in [2.45, 2.75) is 111 Å². The van der Waals surface area contributed by atoms with Crippen LogP contribution in [0.15, 0.2) is 0 Å². The summed E-state index contributed by atoms with van der Waals surface area (Å²) < 4.78 is 0. The predicted molar refractivity (Wildman–Crippen MR) is 134 cm³/mol. The molecule has 0 aromatic carbocycles. The van der Waals surface area contributed by atoms with Gasteiger partial charge in [-0.15, -0.1) is 0 Å². The molecule has 3 saturated carbocycles. The lowest BCUT2D eigenvalue weighted by molar-refractivity contribution is -0.161. The van der Waals surface area contributed by atoms with Crippen LogP contribution in [0.4, 0.5) is 4.79 Å². The van der Waals surface area contributed by atoms with Crippen LogP contribution in [-0.2, 0) is 9.59 Å². The van der Waals surface area contributed by atoms with Crippen molar-refractivity contribution in [2.75, 3.05) is 14.1 Å². The van der Waals surface area contributed by atoms with Crippen molar-refractivity contribution < 1.29 is 14.4 Å². The van der Waals surface area contributed by atoms with Crippen LogP contribution in [0, 0.1) is 34.5 Å². The Labute approximate surface area is 206 Å². The van der Waals surface area contributed by atoms with Gasteiger partial charge < -0.3 is 9.80 Å². The molecule has 4 aliphatic rings.